The van der Waals surface area contributed by atoms with Crippen LogP contribution in [0.1, 0.15) is 92.9 Å². The number of methoxy groups -OCH3 is 1. The van der Waals surface area contributed by atoms with Gasteiger partial charge < -0.3 is 4.74 Å². The van der Waals surface area contributed by atoms with E-state index in [9.17, 15) is 14.9 Å². The maximum Gasteiger partial charge on any atom is 0.312 e. The first-order valence-corrected chi connectivity index (χ1v) is 13.8. The van der Waals surface area contributed by atoms with Crippen molar-refractivity contribution in [2.75, 3.05) is 7.11 Å². The number of hydrogen-bond acceptors (Lipinski definition) is 4. The third-order valence-corrected chi connectivity index (χ3v) is 12.3. The number of nitrogens with zero attached hydrogens (tertiary/aromatic N) is 1. The molecule has 0 aliphatic heterocycles. The number of allylic oxidation sites excluding steroid dienone is 4. The lowest BCUT2D eigenvalue weighted by Crippen LogP contribution is -2.63. The van der Waals surface area contributed by atoms with E-state index in [-0.39, 0.29) is 56.6 Å². The van der Waals surface area contributed by atoms with Crippen LogP contribution in [0.3, 0.4) is 0 Å². The van der Waals surface area contributed by atoms with Crippen LogP contribution in [0.15, 0.2) is 23.3 Å². The number of esters is 1. The van der Waals surface area contributed by atoms with Gasteiger partial charge in [-0.2, -0.15) is 5.26 Å². The van der Waals surface area contributed by atoms with Crippen LogP contribution in [0, 0.1) is 62.1 Å². The monoisotopic (exact) mass is 477 g/mol. The van der Waals surface area contributed by atoms with Gasteiger partial charge in [0.25, 0.3) is 0 Å². The highest BCUT2D eigenvalue weighted by Gasteiger charge is 2.68. The largest absolute Gasteiger partial charge is 0.469 e. The van der Waals surface area contributed by atoms with Crippen molar-refractivity contribution in [3.05, 3.63) is 23.3 Å². The minimum atomic E-state index is -0.389. The molecule has 0 aromatic heterocycles. The first-order valence-electron chi connectivity index (χ1n) is 13.8. The summed E-state index contributed by atoms with van der Waals surface area (Å²) in [7, 11) is 1.56. The molecule has 3 fully saturated rings. The Morgan fingerprint density at radius 2 is 1.77 bits per heavy atom. The van der Waals surface area contributed by atoms with Gasteiger partial charge in [-0.1, -0.05) is 59.3 Å². The Morgan fingerprint density at radius 1 is 1.09 bits per heavy atom. The average molecular weight is 478 g/mol. The van der Waals surface area contributed by atoms with E-state index in [2.05, 4.69) is 52.8 Å². The molecule has 35 heavy (non-hydrogen) atoms. The topological polar surface area (TPSA) is 67.2 Å². The number of ether oxygens (including phenoxy) is 1. The van der Waals surface area contributed by atoms with Gasteiger partial charge >= 0.3 is 5.97 Å². The fourth-order valence-electron chi connectivity index (χ4n) is 10.0. The molecule has 0 radical (unpaired) electrons. The van der Waals surface area contributed by atoms with Crippen molar-refractivity contribution >= 4 is 11.8 Å². The highest BCUT2D eigenvalue weighted by molar-refractivity contribution is 6.01. The molecule has 4 heteroatoms. The summed E-state index contributed by atoms with van der Waals surface area (Å²) in [5, 5.41) is 9.77. The molecular formula is C31H43NO3. The van der Waals surface area contributed by atoms with E-state index in [0.29, 0.717) is 11.5 Å². The molecule has 5 aliphatic rings. The molecule has 1 unspecified atom stereocenters. The smallest absolute Gasteiger partial charge is 0.312 e. The lowest BCUT2D eigenvalue weighted by atomic mass is 9.35. The molecule has 0 bridgehead atoms. The number of fused-ring (bicyclic) bond motifs is 7. The van der Waals surface area contributed by atoms with E-state index < -0.39 is 0 Å². The van der Waals surface area contributed by atoms with Crippen molar-refractivity contribution in [2.45, 2.75) is 92.9 Å². The Bertz CT molecular complexity index is 1080. The van der Waals surface area contributed by atoms with Crippen LogP contribution in [0.5, 0.6) is 0 Å². The Kier molecular flexibility index (Phi) is 5.36. The number of carbonyl (C=O) groups is 2. The third kappa shape index (κ3) is 3.02. The van der Waals surface area contributed by atoms with E-state index in [1.165, 1.54) is 5.57 Å². The summed E-state index contributed by atoms with van der Waals surface area (Å²) in [6.45, 7) is 14.0. The molecule has 0 saturated heterocycles. The maximum atomic E-state index is 13.3. The standard InChI is InChI=1S/C31H43NO3/c1-19-21-10-11-30(6)24(28(21,4)16-20(18-32)25(19)33)9-8-22-23-17-27(2,3)12-14-31(23,26(34)35-7)15-13-29(22,30)5/h8,16,19,21,23-24H,9-15,17H2,1-7H3/t19-,21-,23?,24+,28-,29+,30+,31-/m0/s1. The highest BCUT2D eigenvalue weighted by Crippen LogP contribution is 2.74. The summed E-state index contributed by atoms with van der Waals surface area (Å²) in [5.74, 6) is 0.823. The lowest BCUT2D eigenvalue weighted by molar-refractivity contribution is -0.174. The van der Waals surface area contributed by atoms with Crippen LogP contribution >= 0.6 is 0 Å². The Morgan fingerprint density at radius 3 is 2.43 bits per heavy atom. The first-order chi connectivity index (χ1) is 16.3. The highest BCUT2D eigenvalue weighted by atomic mass is 16.5. The minimum Gasteiger partial charge on any atom is -0.469 e. The quantitative estimate of drug-likeness (QED) is 0.307. The van der Waals surface area contributed by atoms with Gasteiger partial charge in [-0.05, 0) is 90.8 Å². The average Bonchev–Trinajstić information content (AvgIpc) is 2.81. The number of ketones is 1. The van der Waals surface area contributed by atoms with Crippen molar-refractivity contribution in [3.63, 3.8) is 0 Å². The van der Waals surface area contributed by atoms with Gasteiger partial charge in [0.2, 0.25) is 0 Å². The molecule has 0 N–H and O–H groups in total. The van der Waals surface area contributed by atoms with E-state index >= 15 is 0 Å². The molecule has 8 atom stereocenters. The maximum absolute atomic E-state index is 13.3. The molecule has 4 nitrogen and oxygen atoms in total. The van der Waals surface area contributed by atoms with Crippen LogP contribution in [0.25, 0.3) is 0 Å². The van der Waals surface area contributed by atoms with Gasteiger partial charge in [0, 0.05) is 5.92 Å². The summed E-state index contributed by atoms with van der Waals surface area (Å²) in [4.78, 5) is 26.2. The number of carbonyl (C=O) groups excluding carboxylic acids is 2. The van der Waals surface area contributed by atoms with Gasteiger partial charge in [-0.25, -0.2) is 0 Å². The summed E-state index contributed by atoms with van der Waals surface area (Å²) in [5.41, 5.74) is 1.59. The normalized spacial score (nSPS) is 48.1. The van der Waals surface area contributed by atoms with Crippen LogP contribution in [0.4, 0.5) is 0 Å². The SMILES string of the molecule is COC(=O)[C@]12CCC(C)(C)CC1C1=CC[C@@H]3[C@@]4(C)C=C(C#N)C(=O)[C@@H](C)[C@@H]4CC[C@@]3(C)[C@]1(C)CC2. The van der Waals surface area contributed by atoms with Gasteiger partial charge in [-0.15, -0.1) is 0 Å². The fraction of sp³-hybridized carbons (Fsp3) is 0.774. The van der Waals surface area contributed by atoms with Crippen molar-refractivity contribution in [2.24, 2.45) is 50.7 Å². The molecule has 5 rings (SSSR count). The fourth-order valence-corrected chi connectivity index (χ4v) is 10.0. The predicted octanol–water partition coefficient (Wildman–Crippen LogP) is 6.81. The molecule has 3 saturated carbocycles. The number of hydrogen-bond donors (Lipinski definition) is 0. The van der Waals surface area contributed by atoms with Crippen molar-refractivity contribution < 1.29 is 14.3 Å². The minimum absolute atomic E-state index is 0.00481. The van der Waals surface area contributed by atoms with Crippen LogP contribution < -0.4 is 0 Å². The van der Waals surface area contributed by atoms with E-state index in [1.54, 1.807) is 7.11 Å². The number of rotatable bonds is 1. The number of Topliss-reactive ketones (excluding diaryl/α,β-unsaturated/α-hetero) is 1. The summed E-state index contributed by atoms with van der Waals surface area (Å²) < 4.78 is 5.46. The van der Waals surface area contributed by atoms with Crippen LogP contribution in [0.2, 0.25) is 0 Å². The van der Waals surface area contributed by atoms with E-state index in [4.69, 9.17) is 4.74 Å². The summed E-state index contributed by atoms with van der Waals surface area (Å²) >= 11 is 0. The molecular weight excluding hydrogens is 434 g/mol. The van der Waals surface area contributed by atoms with Gasteiger partial charge in [0.05, 0.1) is 18.1 Å². The second kappa shape index (κ2) is 7.56. The molecule has 0 amide bonds. The molecule has 0 aromatic carbocycles. The number of nitriles is 1. The van der Waals surface area contributed by atoms with Gasteiger partial charge in [0.1, 0.15) is 6.07 Å². The van der Waals surface area contributed by atoms with E-state index in [1.807, 2.05) is 6.92 Å². The van der Waals surface area contributed by atoms with Crippen LogP contribution in [-0.2, 0) is 14.3 Å². The summed E-state index contributed by atoms with van der Waals surface area (Å²) in [6.07, 6.45) is 12.6. The van der Waals surface area contributed by atoms with Crippen molar-refractivity contribution in [3.8, 4) is 6.07 Å². The Labute approximate surface area is 211 Å². The van der Waals surface area contributed by atoms with Crippen molar-refractivity contribution in [1.29, 1.82) is 5.26 Å². The van der Waals surface area contributed by atoms with Gasteiger partial charge in [0.15, 0.2) is 5.78 Å². The third-order valence-electron chi connectivity index (χ3n) is 12.3. The lowest BCUT2D eigenvalue weighted by Gasteiger charge is -2.69. The molecule has 5 aliphatic carbocycles. The van der Waals surface area contributed by atoms with Gasteiger partial charge in [-0.3, -0.25) is 9.59 Å². The zero-order valence-electron chi connectivity index (χ0n) is 22.8. The van der Waals surface area contributed by atoms with Crippen LogP contribution in [-0.4, -0.2) is 18.9 Å². The van der Waals surface area contributed by atoms with Crippen molar-refractivity contribution in [1.82, 2.24) is 0 Å². The molecule has 0 heterocycles. The second-order valence-corrected chi connectivity index (χ2v) is 14.1. The zero-order valence-corrected chi connectivity index (χ0v) is 22.8. The molecule has 190 valence electrons. The second-order valence-electron chi connectivity index (χ2n) is 14.1. The molecule has 0 spiro atoms. The Hall–Kier alpha value is -1.89. The Balaban J connectivity index is 1.64. The zero-order chi connectivity index (χ0) is 25.6. The molecule has 0 aromatic rings. The predicted molar refractivity (Wildman–Crippen MR) is 136 cm³/mol. The summed E-state index contributed by atoms with van der Waals surface area (Å²) in [6, 6.07) is 2.23. The van der Waals surface area contributed by atoms with E-state index in [0.717, 1.165) is 51.4 Å². The first kappa shape index (κ1) is 24.8.